The summed E-state index contributed by atoms with van der Waals surface area (Å²) in [6.07, 6.45) is 0. The zero-order valence-corrected chi connectivity index (χ0v) is 15.2. The lowest BCUT2D eigenvalue weighted by atomic mass is 10.2. The third-order valence-electron chi connectivity index (χ3n) is 4.98. The molecule has 2 aromatic carbocycles. The van der Waals surface area contributed by atoms with Gasteiger partial charge < -0.3 is 25.0 Å². The van der Waals surface area contributed by atoms with Crippen molar-refractivity contribution in [1.29, 1.82) is 0 Å². The van der Waals surface area contributed by atoms with Crippen molar-refractivity contribution in [1.82, 2.24) is 0 Å². The molecule has 1 fully saturated rings. The number of carbonyl (C=O) groups excluding carboxylic acids is 1. The van der Waals surface area contributed by atoms with E-state index in [4.69, 9.17) is 4.74 Å². The van der Waals surface area contributed by atoms with E-state index in [1.807, 2.05) is 43.3 Å². The average Bonchev–Trinajstić information content (AvgIpc) is 2.69. The van der Waals surface area contributed by atoms with E-state index in [1.54, 1.807) is 19.2 Å². The van der Waals surface area contributed by atoms with E-state index in [2.05, 4.69) is 10.2 Å². The van der Waals surface area contributed by atoms with E-state index < -0.39 is 0 Å². The monoisotopic (exact) mass is 356 g/mol. The fourth-order valence-corrected chi connectivity index (χ4v) is 3.26. The van der Waals surface area contributed by atoms with Crippen molar-refractivity contribution in [2.75, 3.05) is 43.5 Å². The van der Waals surface area contributed by atoms with E-state index in [-0.39, 0.29) is 17.7 Å². The highest BCUT2D eigenvalue weighted by Crippen LogP contribution is 2.18. The fraction of sp³-hybridized carbons (Fsp3) is 0.350. The zero-order valence-electron chi connectivity index (χ0n) is 15.2. The largest absolute Gasteiger partial charge is 0.508 e. The molecule has 0 saturated carbocycles. The number of hydrogen-bond donors (Lipinski definition) is 3. The van der Waals surface area contributed by atoms with Gasteiger partial charge in [0, 0.05) is 11.4 Å². The Morgan fingerprint density at radius 1 is 1.12 bits per heavy atom. The number of quaternary nitrogens is 1. The van der Waals surface area contributed by atoms with E-state index >= 15 is 0 Å². The molecule has 3 N–H and O–H groups in total. The van der Waals surface area contributed by atoms with E-state index in [9.17, 15) is 9.90 Å². The number of carbonyl (C=O) groups is 1. The molecule has 138 valence electrons. The summed E-state index contributed by atoms with van der Waals surface area (Å²) in [6.45, 7) is 5.56. The minimum Gasteiger partial charge on any atom is -0.508 e. The second-order valence-corrected chi connectivity index (χ2v) is 6.60. The summed E-state index contributed by atoms with van der Waals surface area (Å²) in [4.78, 5) is 16.1. The summed E-state index contributed by atoms with van der Waals surface area (Å²) < 4.78 is 5.13. The predicted molar refractivity (Wildman–Crippen MR) is 102 cm³/mol. The van der Waals surface area contributed by atoms with Crippen LogP contribution in [-0.2, 0) is 4.79 Å². The lowest BCUT2D eigenvalue weighted by molar-refractivity contribution is -0.914. The number of nitrogens with one attached hydrogen (secondary N) is 2. The molecular weight excluding hydrogens is 330 g/mol. The van der Waals surface area contributed by atoms with Crippen molar-refractivity contribution in [3.05, 3.63) is 48.5 Å². The van der Waals surface area contributed by atoms with Crippen LogP contribution in [0.1, 0.15) is 6.92 Å². The van der Waals surface area contributed by atoms with Crippen LogP contribution in [-0.4, -0.2) is 50.3 Å². The third kappa shape index (κ3) is 4.26. The van der Waals surface area contributed by atoms with Crippen LogP contribution in [0.25, 0.3) is 0 Å². The maximum atomic E-state index is 12.6. The summed E-state index contributed by atoms with van der Waals surface area (Å²) >= 11 is 0. The van der Waals surface area contributed by atoms with Gasteiger partial charge in [-0.1, -0.05) is 0 Å². The minimum absolute atomic E-state index is 0.0308. The van der Waals surface area contributed by atoms with Crippen LogP contribution in [0, 0.1) is 0 Å². The number of phenols is 1. The van der Waals surface area contributed by atoms with Crippen LogP contribution >= 0.6 is 0 Å². The Labute approximate surface area is 154 Å². The molecule has 0 aliphatic carbocycles. The maximum absolute atomic E-state index is 12.6. The van der Waals surface area contributed by atoms with Crippen molar-refractivity contribution in [2.24, 2.45) is 0 Å². The molecular formula is C20H26N3O3+. The van der Waals surface area contributed by atoms with E-state index in [1.165, 1.54) is 4.90 Å². The SMILES string of the molecule is COc1ccc(NC(=O)[C@@H](C)[NH+]2CCN(c3ccc(O)cc3)CC2)cc1. The van der Waals surface area contributed by atoms with Crippen LogP contribution in [0.2, 0.25) is 0 Å². The topological polar surface area (TPSA) is 66.2 Å². The Morgan fingerprint density at radius 2 is 1.73 bits per heavy atom. The Hall–Kier alpha value is -2.73. The molecule has 6 heteroatoms. The van der Waals surface area contributed by atoms with Gasteiger partial charge in [0.15, 0.2) is 6.04 Å². The lowest BCUT2D eigenvalue weighted by Gasteiger charge is -2.36. The highest BCUT2D eigenvalue weighted by Gasteiger charge is 2.29. The number of aromatic hydroxyl groups is 1. The first-order valence-corrected chi connectivity index (χ1v) is 8.90. The first kappa shape index (κ1) is 18.1. The van der Waals surface area contributed by atoms with Gasteiger partial charge in [-0.2, -0.15) is 0 Å². The summed E-state index contributed by atoms with van der Waals surface area (Å²) in [7, 11) is 1.62. The molecule has 0 radical (unpaired) electrons. The smallest absolute Gasteiger partial charge is 0.282 e. The van der Waals surface area contributed by atoms with Crippen molar-refractivity contribution >= 4 is 17.3 Å². The molecule has 1 atom stereocenters. The number of benzene rings is 2. The molecule has 1 amide bonds. The number of nitrogens with zero attached hydrogens (tertiary/aromatic N) is 1. The number of ether oxygens (including phenoxy) is 1. The lowest BCUT2D eigenvalue weighted by Crippen LogP contribution is -3.19. The zero-order chi connectivity index (χ0) is 18.5. The Morgan fingerprint density at radius 3 is 2.31 bits per heavy atom. The molecule has 1 aliphatic heterocycles. The molecule has 0 aromatic heterocycles. The Balaban J connectivity index is 1.52. The van der Waals surface area contributed by atoms with E-state index in [0.29, 0.717) is 0 Å². The van der Waals surface area contributed by atoms with Crippen LogP contribution < -0.4 is 19.9 Å². The Bertz CT molecular complexity index is 723. The third-order valence-corrected chi connectivity index (χ3v) is 4.98. The number of piperazine rings is 1. The highest BCUT2D eigenvalue weighted by atomic mass is 16.5. The summed E-state index contributed by atoms with van der Waals surface area (Å²) in [6, 6.07) is 14.5. The van der Waals surface area contributed by atoms with Crippen LogP contribution in [0.4, 0.5) is 11.4 Å². The number of methoxy groups -OCH3 is 1. The summed E-state index contributed by atoms with van der Waals surface area (Å²) in [5.41, 5.74) is 1.89. The van der Waals surface area contributed by atoms with Gasteiger partial charge in [0.05, 0.1) is 33.3 Å². The fourth-order valence-electron chi connectivity index (χ4n) is 3.26. The highest BCUT2D eigenvalue weighted by molar-refractivity contribution is 5.93. The van der Waals surface area contributed by atoms with Gasteiger partial charge in [-0.25, -0.2) is 0 Å². The Kier molecular flexibility index (Phi) is 5.63. The average molecular weight is 356 g/mol. The van der Waals surface area contributed by atoms with Gasteiger partial charge in [0.1, 0.15) is 11.5 Å². The van der Waals surface area contributed by atoms with Gasteiger partial charge in [-0.15, -0.1) is 0 Å². The predicted octanol–water partition coefficient (Wildman–Crippen LogP) is 1.13. The van der Waals surface area contributed by atoms with Gasteiger partial charge in [-0.3, -0.25) is 4.79 Å². The van der Waals surface area contributed by atoms with Gasteiger partial charge >= 0.3 is 0 Å². The normalized spacial score (nSPS) is 16.2. The second-order valence-electron chi connectivity index (χ2n) is 6.60. The number of hydrogen-bond acceptors (Lipinski definition) is 4. The molecule has 1 saturated heterocycles. The van der Waals surface area contributed by atoms with Gasteiger partial charge in [-0.05, 0) is 55.5 Å². The molecule has 0 bridgehead atoms. The molecule has 3 rings (SSSR count). The van der Waals surface area contributed by atoms with Crippen LogP contribution in [0.15, 0.2) is 48.5 Å². The van der Waals surface area contributed by atoms with Crippen molar-refractivity contribution in [3.63, 3.8) is 0 Å². The van der Waals surface area contributed by atoms with Gasteiger partial charge in [0.25, 0.3) is 5.91 Å². The molecule has 1 aliphatic rings. The summed E-state index contributed by atoms with van der Waals surface area (Å²) in [5.74, 6) is 1.08. The number of anilines is 2. The molecule has 26 heavy (non-hydrogen) atoms. The van der Waals surface area contributed by atoms with Crippen molar-refractivity contribution < 1.29 is 19.5 Å². The minimum atomic E-state index is -0.112. The molecule has 6 nitrogen and oxygen atoms in total. The maximum Gasteiger partial charge on any atom is 0.282 e. The van der Waals surface area contributed by atoms with Crippen molar-refractivity contribution in [2.45, 2.75) is 13.0 Å². The molecule has 1 heterocycles. The number of phenolic OH excluding ortho intramolecular Hbond substituents is 1. The molecule has 0 spiro atoms. The van der Waals surface area contributed by atoms with Gasteiger partial charge in [0.2, 0.25) is 0 Å². The molecule has 0 unspecified atom stereocenters. The first-order valence-electron chi connectivity index (χ1n) is 8.90. The summed E-state index contributed by atoms with van der Waals surface area (Å²) in [5, 5.41) is 12.4. The second kappa shape index (κ2) is 8.10. The number of rotatable bonds is 5. The quantitative estimate of drug-likeness (QED) is 0.752. The van der Waals surface area contributed by atoms with Crippen molar-refractivity contribution in [3.8, 4) is 11.5 Å². The van der Waals surface area contributed by atoms with Crippen LogP contribution in [0.5, 0.6) is 11.5 Å². The molecule has 2 aromatic rings. The number of amides is 1. The standard InChI is InChI=1S/C20H25N3O3/c1-15(20(25)21-16-3-9-19(26-2)10-4-16)22-11-13-23(14-12-22)17-5-7-18(24)8-6-17/h3-10,15,24H,11-14H2,1-2H3,(H,21,25)/p+1/t15-/m1/s1. The van der Waals surface area contributed by atoms with Crippen LogP contribution in [0.3, 0.4) is 0 Å². The van der Waals surface area contributed by atoms with E-state index in [0.717, 1.165) is 43.3 Å². The first-order chi connectivity index (χ1) is 12.6.